The second kappa shape index (κ2) is 6.90. The molecule has 146 valence electrons. The summed E-state index contributed by atoms with van der Waals surface area (Å²) in [6.45, 7) is 0.522. The smallest absolute Gasteiger partial charge is 0.253 e. The predicted octanol–water partition coefficient (Wildman–Crippen LogP) is 2.73. The van der Waals surface area contributed by atoms with Gasteiger partial charge < -0.3 is 4.90 Å². The Bertz CT molecular complexity index is 1010. The van der Waals surface area contributed by atoms with Crippen LogP contribution in [0.4, 0.5) is 5.69 Å². The molecule has 6 nitrogen and oxygen atoms in total. The lowest BCUT2D eigenvalue weighted by atomic mass is 10.00. The average molecular weight is 419 g/mol. The number of anilines is 1. The molecule has 0 N–H and O–H groups in total. The van der Waals surface area contributed by atoms with Gasteiger partial charge in [-0.2, -0.15) is 0 Å². The first-order valence-corrected chi connectivity index (χ1v) is 11.0. The van der Waals surface area contributed by atoms with Crippen molar-refractivity contribution in [2.75, 3.05) is 23.7 Å². The first kappa shape index (κ1) is 19.0. The normalized spacial score (nSPS) is 20.5. The fourth-order valence-electron chi connectivity index (χ4n) is 4.05. The van der Waals surface area contributed by atoms with Crippen LogP contribution in [-0.4, -0.2) is 48.8 Å². The van der Waals surface area contributed by atoms with Gasteiger partial charge >= 0.3 is 0 Å². The summed E-state index contributed by atoms with van der Waals surface area (Å²) < 4.78 is 25.9. The van der Waals surface area contributed by atoms with Gasteiger partial charge in [-0.25, -0.2) is 8.42 Å². The van der Waals surface area contributed by atoms with E-state index in [-0.39, 0.29) is 31.8 Å². The molecule has 0 aliphatic carbocycles. The first-order valence-electron chi connectivity index (χ1n) is 8.99. The van der Waals surface area contributed by atoms with E-state index in [1.807, 2.05) is 6.07 Å². The molecular weight excluding hydrogens is 400 g/mol. The standard InChI is InChI=1S/C20H19ClN2O4S/c21-16-8-6-15(7-9-16)19(25)22-12-10-20(11-13-22)23(17-4-2-1-3-5-17)18(24)14-28(20,26)27/h1-9H,10-14H2. The number of carbonyl (C=O) groups is 2. The molecule has 0 unspecified atom stereocenters. The largest absolute Gasteiger partial charge is 0.338 e. The van der Waals surface area contributed by atoms with Crippen LogP contribution in [0, 0.1) is 0 Å². The highest BCUT2D eigenvalue weighted by atomic mass is 35.5. The maximum Gasteiger partial charge on any atom is 0.253 e. The monoisotopic (exact) mass is 418 g/mol. The number of benzene rings is 2. The van der Waals surface area contributed by atoms with Crippen LogP contribution in [0.5, 0.6) is 0 Å². The van der Waals surface area contributed by atoms with Crippen molar-refractivity contribution in [3.63, 3.8) is 0 Å². The highest BCUT2D eigenvalue weighted by Gasteiger charge is 2.59. The molecule has 2 saturated heterocycles. The van der Waals surface area contributed by atoms with Gasteiger partial charge in [0, 0.05) is 42.2 Å². The maximum absolute atomic E-state index is 12.9. The zero-order chi connectivity index (χ0) is 19.9. The minimum absolute atomic E-state index is 0.167. The third-order valence-electron chi connectivity index (χ3n) is 5.49. The molecule has 0 bridgehead atoms. The fraction of sp³-hybridized carbons (Fsp3) is 0.300. The van der Waals surface area contributed by atoms with Crippen molar-refractivity contribution < 1.29 is 18.0 Å². The molecule has 2 aliphatic rings. The number of carbonyl (C=O) groups excluding carboxylic acids is 2. The molecule has 2 amide bonds. The Labute approximate surface area is 168 Å². The van der Waals surface area contributed by atoms with Crippen LogP contribution in [0.3, 0.4) is 0 Å². The number of rotatable bonds is 2. The summed E-state index contributed by atoms with van der Waals surface area (Å²) in [6, 6.07) is 15.5. The first-order chi connectivity index (χ1) is 13.3. The summed E-state index contributed by atoms with van der Waals surface area (Å²) in [5, 5.41) is 0.545. The van der Waals surface area contributed by atoms with E-state index in [4.69, 9.17) is 11.6 Å². The van der Waals surface area contributed by atoms with Gasteiger partial charge in [-0.1, -0.05) is 29.8 Å². The zero-order valence-corrected chi connectivity index (χ0v) is 16.6. The molecule has 0 saturated carbocycles. The van der Waals surface area contributed by atoms with E-state index < -0.39 is 26.4 Å². The summed E-state index contributed by atoms with van der Waals surface area (Å²) >= 11 is 5.87. The third kappa shape index (κ3) is 2.99. The van der Waals surface area contributed by atoms with Crippen molar-refractivity contribution in [1.29, 1.82) is 0 Å². The molecule has 4 rings (SSSR count). The molecule has 2 heterocycles. The van der Waals surface area contributed by atoms with Crippen LogP contribution in [0.15, 0.2) is 54.6 Å². The van der Waals surface area contributed by atoms with Crippen molar-refractivity contribution >= 4 is 38.9 Å². The minimum Gasteiger partial charge on any atom is -0.338 e. The Morgan fingerprint density at radius 1 is 0.964 bits per heavy atom. The number of sulfone groups is 1. The van der Waals surface area contributed by atoms with Crippen LogP contribution in [-0.2, 0) is 14.6 Å². The molecule has 0 atom stereocenters. The number of likely N-dealkylation sites (tertiary alicyclic amines) is 1. The van der Waals surface area contributed by atoms with Crippen LogP contribution in [0.25, 0.3) is 0 Å². The minimum atomic E-state index is -3.65. The molecule has 2 aliphatic heterocycles. The molecule has 8 heteroatoms. The Morgan fingerprint density at radius 2 is 1.57 bits per heavy atom. The molecule has 0 aromatic heterocycles. The lowest BCUT2D eigenvalue weighted by molar-refractivity contribution is -0.116. The molecule has 1 spiro atoms. The number of nitrogens with zero attached hydrogens (tertiary/aromatic N) is 2. The van der Waals surface area contributed by atoms with E-state index >= 15 is 0 Å². The number of amides is 2. The van der Waals surface area contributed by atoms with Gasteiger partial charge in [0.1, 0.15) is 5.75 Å². The van der Waals surface area contributed by atoms with Gasteiger partial charge in [-0.15, -0.1) is 0 Å². The summed E-state index contributed by atoms with van der Waals surface area (Å²) in [6.07, 6.45) is 0.380. The molecule has 2 fully saturated rings. The van der Waals surface area contributed by atoms with Gasteiger partial charge in [-0.05, 0) is 36.4 Å². The summed E-state index contributed by atoms with van der Waals surface area (Å²) in [7, 11) is -3.65. The summed E-state index contributed by atoms with van der Waals surface area (Å²) in [5.74, 6) is -1.07. The van der Waals surface area contributed by atoms with E-state index in [9.17, 15) is 18.0 Å². The van der Waals surface area contributed by atoms with Crippen LogP contribution < -0.4 is 4.90 Å². The van der Waals surface area contributed by atoms with Crippen molar-refractivity contribution in [3.8, 4) is 0 Å². The van der Waals surface area contributed by atoms with Crippen molar-refractivity contribution in [3.05, 3.63) is 65.2 Å². The van der Waals surface area contributed by atoms with Gasteiger partial charge in [0.15, 0.2) is 14.7 Å². The maximum atomic E-state index is 12.9. The second-order valence-corrected chi connectivity index (χ2v) is 9.78. The summed E-state index contributed by atoms with van der Waals surface area (Å²) in [4.78, 5) is 27.1. The van der Waals surface area contributed by atoms with Crippen molar-refractivity contribution in [2.24, 2.45) is 0 Å². The molecule has 0 radical (unpaired) electrons. The van der Waals surface area contributed by atoms with Crippen molar-refractivity contribution in [1.82, 2.24) is 4.90 Å². The molecule has 2 aromatic rings. The van der Waals surface area contributed by atoms with Crippen LogP contribution in [0.1, 0.15) is 23.2 Å². The Morgan fingerprint density at radius 3 is 2.18 bits per heavy atom. The van der Waals surface area contributed by atoms with Crippen LogP contribution >= 0.6 is 11.6 Å². The molecule has 28 heavy (non-hydrogen) atoms. The van der Waals surface area contributed by atoms with Crippen molar-refractivity contribution in [2.45, 2.75) is 17.7 Å². The number of para-hydroxylation sites is 1. The van der Waals surface area contributed by atoms with E-state index in [0.717, 1.165) is 0 Å². The van der Waals surface area contributed by atoms with Gasteiger partial charge in [-0.3, -0.25) is 14.5 Å². The zero-order valence-electron chi connectivity index (χ0n) is 15.0. The lowest BCUT2D eigenvalue weighted by Gasteiger charge is -2.43. The quantitative estimate of drug-likeness (QED) is 0.751. The Balaban J connectivity index is 1.61. The van der Waals surface area contributed by atoms with E-state index in [1.165, 1.54) is 4.90 Å². The van der Waals surface area contributed by atoms with Gasteiger partial charge in [0.25, 0.3) is 5.91 Å². The molecule has 2 aromatic carbocycles. The number of piperidine rings is 1. The SMILES string of the molecule is O=C(c1ccc(Cl)cc1)N1CCC2(CC1)N(c1ccccc1)C(=O)CS2(=O)=O. The number of halogens is 1. The van der Waals surface area contributed by atoms with E-state index in [1.54, 1.807) is 53.4 Å². The number of hydrogen-bond acceptors (Lipinski definition) is 4. The van der Waals surface area contributed by atoms with Gasteiger partial charge in [0.05, 0.1) is 0 Å². The second-order valence-electron chi connectivity index (χ2n) is 7.07. The number of hydrogen-bond donors (Lipinski definition) is 0. The Hall–Kier alpha value is -2.38. The van der Waals surface area contributed by atoms with Crippen LogP contribution in [0.2, 0.25) is 5.02 Å². The lowest BCUT2D eigenvalue weighted by Crippen LogP contribution is -2.57. The topological polar surface area (TPSA) is 74.8 Å². The highest BCUT2D eigenvalue weighted by molar-refractivity contribution is 7.94. The average Bonchev–Trinajstić information content (AvgIpc) is 2.88. The van der Waals surface area contributed by atoms with E-state index in [0.29, 0.717) is 16.3 Å². The van der Waals surface area contributed by atoms with Gasteiger partial charge in [0.2, 0.25) is 5.91 Å². The summed E-state index contributed by atoms with van der Waals surface area (Å²) in [5.41, 5.74) is 1.08. The van der Waals surface area contributed by atoms with E-state index in [2.05, 4.69) is 0 Å². The highest BCUT2D eigenvalue weighted by Crippen LogP contribution is 2.42. The predicted molar refractivity (Wildman–Crippen MR) is 107 cm³/mol. The fourth-order valence-corrected chi connectivity index (χ4v) is 6.19. The Kier molecular flexibility index (Phi) is 4.67. The third-order valence-corrected chi connectivity index (χ3v) is 8.11. The molecular formula is C20H19ClN2O4S.